The second-order valence-electron chi connectivity index (χ2n) is 5.54. The summed E-state index contributed by atoms with van der Waals surface area (Å²) in [4.78, 5) is 13.0. The first-order valence-electron chi connectivity index (χ1n) is 8.04. The molecule has 1 aromatic carbocycles. The van der Waals surface area contributed by atoms with Gasteiger partial charge in [-0.2, -0.15) is 0 Å². The van der Waals surface area contributed by atoms with Crippen LogP contribution in [0.1, 0.15) is 11.1 Å². The van der Waals surface area contributed by atoms with E-state index in [2.05, 4.69) is 15.5 Å². The van der Waals surface area contributed by atoms with E-state index in [0.29, 0.717) is 25.5 Å². The van der Waals surface area contributed by atoms with Crippen LogP contribution in [0.2, 0.25) is 0 Å². The number of carbonyl (C=O) groups excluding carboxylic acids is 1. The van der Waals surface area contributed by atoms with Gasteiger partial charge < -0.3 is 10.1 Å². The number of hydrogen-bond acceptors (Lipinski definition) is 5. The molecule has 0 aliphatic carbocycles. The molecule has 3 aromatic rings. The van der Waals surface area contributed by atoms with Crippen LogP contribution in [-0.2, 0) is 11.2 Å². The van der Waals surface area contributed by atoms with E-state index in [4.69, 9.17) is 4.74 Å². The minimum absolute atomic E-state index is 0.0166. The third kappa shape index (κ3) is 4.87. The van der Waals surface area contributed by atoms with Crippen molar-refractivity contribution in [1.29, 1.82) is 0 Å². The fourth-order valence-corrected chi connectivity index (χ4v) is 3.03. The topological polar surface area (TPSA) is 64.1 Å². The van der Waals surface area contributed by atoms with Gasteiger partial charge >= 0.3 is 0 Å². The quantitative estimate of drug-likeness (QED) is 0.662. The van der Waals surface area contributed by atoms with Crippen molar-refractivity contribution in [1.82, 2.24) is 15.5 Å². The number of benzene rings is 1. The maximum atomic E-state index is 12.0. The predicted molar refractivity (Wildman–Crippen MR) is 98.7 cm³/mol. The van der Waals surface area contributed by atoms with Crippen molar-refractivity contribution in [2.75, 3.05) is 13.2 Å². The summed E-state index contributed by atoms with van der Waals surface area (Å²) in [6.07, 6.45) is 0.377. The number of aromatic nitrogens is 2. The molecule has 25 heavy (non-hydrogen) atoms. The van der Waals surface area contributed by atoms with Crippen LogP contribution < -0.4 is 10.1 Å². The molecular formula is C19H19N3O2S. The smallest absolute Gasteiger partial charge is 0.233 e. The van der Waals surface area contributed by atoms with Crippen molar-refractivity contribution in [3.63, 3.8) is 0 Å². The van der Waals surface area contributed by atoms with E-state index in [1.807, 2.05) is 54.8 Å². The van der Waals surface area contributed by atoms with Crippen molar-refractivity contribution < 1.29 is 9.53 Å². The van der Waals surface area contributed by atoms with Gasteiger partial charge in [-0.3, -0.25) is 4.79 Å². The molecule has 128 valence electrons. The van der Waals surface area contributed by atoms with E-state index >= 15 is 0 Å². The summed E-state index contributed by atoms with van der Waals surface area (Å²) < 4.78 is 5.52. The van der Waals surface area contributed by atoms with Gasteiger partial charge in [0.05, 0.1) is 17.8 Å². The molecule has 6 heteroatoms. The number of rotatable bonds is 7. The fourth-order valence-electron chi connectivity index (χ4n) is 2.34. The molecule has 3 rings (SSSR count). The Hall–Kier alpha value is -2.73. The summed E-state index contributed by atoms with van der Waals surface area (Å²) in [6.45, 7) is 2.79. The van der Waals surface area contributed by atoms with Gasteiger partial charge in [0.25, 0.3) is 0 Å². The van der Waals surface area contributed by atoms with Crippen molar-refractivity contribution in [2.45, 2.75) is 13.3 Å². The molecule has 0 bridgehead atoms. The lowest BCUT2D eigenvalue weighted by Gasteiger charge is -2.08. The molecule has 2 aromatic heterocycles. The van der Waals surface area contributed by atoms with Gasteiger partial charge in [-0.15, -0.1) is 21.5 Å². The van der Waals surface area contributed by atoms with Gasteiger partial charge in [-0.1, -0.05) is 30.3 Å². The average Bonchev–Trinajstić information content (AvgIpc) is 3.16. The third-order valence-corrected chi connectivity index (χ3v) is 4.59. The van der Waals surface area contributed by atoms with Crippen molar-refractivity contribution >= 4 is 17.2 Å². The van der Waals surface area contributed by atoms with Crippen LogP contribution in [-0.4, -0.2) is 29.3 Å². The molecule has 0 fully saturated rings. The Morgan fingerprint density at radius 2 is 2.00 bits per heavy atom. The summed E-state index contributed by atoms with van der Waals surface area (Å²) in [7, 11) is 0. The lowest BCUT2D eigenvalue weighted by Crippen LogP contribution is -2.29. The zero-order valence-electron chi connectivity index (χ0n) is 13.9. The molecule has 0 atom stereocenters. The van der Waals surface area contributed by atoms with E-state index in [1.54, 1.807) is 17.4 Å². The molecule has 0 unspecified atom stereocenters. The Morgan fingerprint density at radius 1 is 1.12 bits per heavy atom. The summed E-state index contributed by atoms with van der Waals surface area (Å²) in [5, 5.41) is 13.1. The van der Waals surface area contributed by atoms with Gasteiger partial charge in [0.1, 0.15) is 12.3 Å². The van der Waals surface area contributed by atoms with E-state index in [-0.39, 0.29) is 5.91 Å². The second kappa shape index (κ2) is 8.39. The van der Waals surface area contributed by atoms with Crippen molar-refractivity contribution in [2.24, 2.45) is 0 Å². The van der Waals surface area contributed by atoms with Crippen LogP contribution in [0.5, 0.6) is 5.88 Å². The highest BCUT2D eigenvalue weighted by Gasteiger charge is 2.06. The Kier molecular flexibility index (Phi) is 5.74. The van der Waals surface area contributed by atoms with Gasteiger partial charge in [0.15, 0.2) is 0 Å². The molecule has 1 amide bonds. The number of amides is 1. The largest absolute Gasteiger partial charge is 0.475 e. The molecular weight excluding hydrogens is 334 g/mol. The molecule has 5 nitrogen and oxygen atoms in total. The molecule has 0 saturated heterocycles. The van der Waals surface area contributed by atoms with E-state index in [9.17, 15) is 4.79 Å². The average molecular weight is 353 g/mol. The number of nitrogens with zero attached hydrogens (tertiary/aromatic N) is 2. The lowest BCUT2D eigenvalue weighted by molar-refractivity contribution is -0.120. The van der Waals surface area contributed by atoms with Gasteiger partial charge in [0, 0.05) is 6.07 Å². The maximum Gasteiger partial charge on any atom is 0.233 e. The SMILES string of the molecule is Cc1ccccc1CC(=O)NCCOc1ccc(-c2cccs2)nn1. The summed E-state index contributed by atoms with van der Waals surface area (Å²) in [6, 6.07) is 15.5. The first kappa shape index (κ1) is 17.1. The standard InChI is InChI=1S/C19H19N3O2S/c1-14-5-2-3-6-15(14)13-18(23)20-10-11-24-19-9-8-16(21-22-19)17-7-4-12-25-17/h2-9,12H,10-11,13H2,1H3,(H,20,23). The highest BCUT2D eigenvalue weighted by atomic mass is 32.1. The van der Waals surface area contributed by atoms with Crippen molar-refractivity contribution in [3.05, 3.63) is 65.0 Å². The molecule has 0 spiro atoms. The first-order chi connectivity index (χ1) is 12.2. The number of carbonyl (C=O) groups is 1. The van der Waals surface area contributed by atoms with Crippen LogP contribution >= 0.6 is 11.3 Å². The Morgan fingerprint density at radius 3 is 2.72 bits per heavy atom. The molecule has 0 saturated carbocycles. The van der Waals surface area contributed by atoms with Crippen LogP contribution in [0.25, 0.3) is 10.6 Å². The zero-order chi connectivity index (χ0) is 17.5. The van der Waals surface area contributed by atoms with Gasteiger partial charge in [0.2, 0.25) is 11.8 Å². The number of hydrogen-bond donors (Lipinski definition) is 1. The van der Waals surface area contributed by atoms with E-state index in [0.717, 1.165) is 21.7 Å². The van der Waals surface area contributed by atoms with Crippen LogP contribution in [0, 0.1) is 6.92 Å². The summed E-state index contributed by atoms with van der Waals surface area (Å²) in [5.74, 6) is 0.436. The first-order valence-corrected chi connectivity index (χ1v) is 8.92. The van der Waals surface area contributed by atoms with Crippen molar-refractivity contribution in [3.8, 4) is 16.5 Å². The second-order valence-corrected chi connectivity index (χ2v) is 6.48. The Bertz CT molecular complexity index is 817. The summed E-state index contributed by atoms with van der Waals surface area (Å²) >= 11 is 1.62. The normalized spacial score (nSPS) is 10.4. The van der Waals surface area contributed by atoms with Gasteiger partial charge in [-0.25, -0.2) is 0 Å². The van der Waals surface area contributed by atoms with E-state index in [1.165, 1.54) is 0 Å². The molecule has 0 radical (unpaired) electrons. The lowest BCUT2D eigenvalue weighted by atomic mass is 10.1. The minimum atomic E-state index is -0.0166. The summed E-state index contributed by atoms with van der Waals surface area (Å²) in [5.41, 5.74) is 2.99. The zero-order valence-corrected chi connectivity index (χ0v) is 14.8. The number of ether oxygens (including phenoxy) is 1. The fraction of sp³-hybridized carbons (Fsp3) is 0.211. The van der Waals surface area contributed by atoms with Crippen LogP contribution in [0.15, 0.2) is 53.9 Å². The highest BCUT2D eigenvalue weighted by Crippen LogP contribution is 2.22. The van der Waals surface area contributed by atoms with Crippen LogP contribution in [0.3, 0.4) is 0 Å². The minimum Gasteiger partial charge on any atom is -0.475 e. The molecule has 0 aliphatic heterocycles. The molecule has 2 heterocycles. The number of nitrogens with one attached hydrogen (secondary N) is 1. The number of aryl methyl sites for hydroxylation is 1. The highest BCUT2D eigenvalue weighted by molar-refractivity contribution is 7.13. The Labute approximate surface area is 150 Å². The van der Waals surface area contributed by atoms with E-state index < -0.39 is 0 Å². The van der Waals surface area contributed by atoms with Crippen LogP contribution in [0.4, 0.5) is 0 Å². The molecule has 1 N–H and O–H groups in total. The monoisotopic (exact) mass is 353 g/mol. The predicted octanol–water partition coefficient (Wildman–Crippen LogP) is 3.25. The van der Waals surface area contributed by atoms with Gasteiger partial charge in [-0.05, 0) is 35.6 Å². The Balaban J connectivity index is 1.41. The third-order valence-electron chi connectivity index (χ3n) is 3.70. The maximum absolute atomic E-state index is 12.0. The number of thiophene rings is 1. The molecule has 0 aliphatic rings.